The quantitative estimate of drug-likeness (QED) is 0.756. The topological polar surface area (TPSA) is 75.3 Å². The second-order valence-corrected chi connectivity index (χ2v) is 5.76. The summed E-state index contributed by atoms with van der Waals surface area (Å²) in [6.07, 6.45) is 2.77. The molecule has 0 aliphatic heterocycles. The molecule has 1 heterocycles. The minimum atomic E-state index is -0.201. The molecule has 1 N–H and O–H groups in total. The Morgan fingerprint density at radius 3 is 2.90 bits per heavy atom. The van der Waals surface area contributed by atoms with Crippen LogP contribution in [0.1, 0.15) is 20.8 Å². The summed E-state index contributed by atoms with van der Waals surface area (Å²) in [4.78, 5) is 26.3. The predicted octanol–water partition coefficient (Wildman–Crippen LogP) is 0.984. The molecule has 0 bridgehead atoms. The Morgan fingerprint density at radius 2 is 2.15 bits per heavy atom. The average Bonchev–Trinajstić information content (AvgIpc) is 2.88. The number of nitrogens with zero attached hydrogens (tertiary/aromatic N) is 2. The van der Waals surface area contributed by atoms with E-state index in [2.05, 4.69) is 10.2 Å². The molecule has 108 valence electrons. The molecule has 20 heavy (non-hydrogen) atoms. The van der Waals surface area contributed by atoms with Crippen LogP contribution in [-0.4, -0.2) is 66.3 Å². The highest BCUT2D eigenvalue weighted by Crippen LogP contribution is 2.26. The Balaban J connectivity index is 1.79. The molecule has 2 rings (SSSR count). The molecular formula is C13H17N3O3S. The van der Waals surface area contributed by atoms with Crippen LogP contribution in [0, 0.1) is 0 Å². The number of rotatable bonds is 7. The summed E-state index contributed by atoms with van der Waals surface area (Å²) in [6, 6.07) is 0. The van der Waals surface area contributed by atoms with E-state index in [1.807, 2.05) is 19.0 Å². The van der Waals surface area contributed by atoms with E-state index >= 15 is 0 Å². The number of nitrogens with one attached hydrogen (secondary N) is 1. The molecule has 7 heteroatoms. The maximum atomic E-state index is 12.1. The fourth-order valence-electron chi connectivity index (χ4n) is 1.70. The molecule has 1 aromatic rings. The number of ketones is 2. The molecule has 0 aromatic carbocycles. The monoisotopic (exact) mass is 295 g/mol. The minimum Gasteiger partial charge on any atom is -0.379 e. The van der Waals surface area contributed by atoms with Crippen molar-refractivity contribution in [3.05, 3.63) is 28.4 Å². The number of carbonyl (C=O) groups excluding carboxylic acids is 2. The first-order valence-corrected chi connectivity index (χ1v) is 7.27. The van der Waals surface area contributed by atoms with Crippen molar-refractivity contribution in [1.82, 2.24) is 15.1 Å². The lowest BCUT2D eigenvalue weighted by atomic mass is 10.0. The van der Waals surface area contributed by atoms with E-state index in [0.29, 0.717) is 29.4 Å². The summed E-state index contributed by atoms with van der Waals surface area (Å²) >= 11 is 1.35. The predicted molar refractivity (Wildman–Crippen MR) is 77.2 cm³/mol. The van der Waals surface area contributed by atoms with Gasteiger partial charge < -0.3 is 9.64 Å². The van der Waals surface area contributed by atoms with Crippen LogP contribution in [0.5, 0.6) is 0 Å². The van der Waals surface area contributed by atoms with E-state index in [1.165, 1.54) is 24.0 Å². The van der Waals surface area contributed by atoms with E-state index in [1.54, 1.807) is 0 Å². The highest BCUT2D eigenvalue weighted by atomic mass is 32.2. The average molecular weight is 295 g/mol. The molecule has 0 atom stereocenters. The zero-order valence-corrected chi connectivity index (χ0v) is 12.3. The van der Waals surface area contributed by atoms with Gasteiger partial charge in [0.15, 0.2) is 0 Å². The SMILES string of the molecule is CN(C)CCOCCSC1=CC(=O)c2[nH]ncc2C1=O. The summed E-state index contributed by atoms with van der Waals surface area (Å²) in [5, 5.41) is 6.29. The summed E-state index contributed by atoms with van der Waals surface area (Å²) < 4.78 is 5.45. The normalized spacial score (nSPS) is 14.7. The zero-order valence-electron chi connectivity index (χ0n) is 11.5. The molecule has 6 nitrogen and oxygen atoms in total. The van der Waals surface area contributed by atoms with Gasteiger partial charge in [0.05, 0.1) is 29.9 Å². The number of carbonyl (C=O) groups is 2. The molecule has 1 aliphatic rings. The highest BCUT2D eigenvalue weighted by Gasteiger charge is 2.27. The Hall–Kier alpha value is -1.44. The first-order valence-electron chi connectivity index (χ1n) is 6.29. The van der Waals surface area contributed by atoms with E-state index in [-0.39, 0.29) is 17.3 Å². The number of hydrogen-bond donors (Lipinski definition) is 1. The second kappa shape index (κ2) is 6.83. The lowest BCUT2D eigenvalue weighted by molar-refractivity contribution is 0.0989. The summed E-state index contributed by atoms with van der Waals surface area (Å²) in [6.45, 7) is 2.07. The van der Waals surface area contributed by atoms with E-state index < -0.39 is 0 Å². The molecule has 0 spiro atoms. The van der Waals surface area contributed by atoms with Crippen LogP contribution >= 0.6 is 11.8 Å². The van der Waals surface area contributed by atoms with Gasteiger partial charge in [-0.15, -0.1) is 11.8 Å². The van der Waals surface area contributed by atoms with Gasteiger partial charge in [0, 0.05) is 18.4 Å². The van der Waals surface area contributed by atoms with Gasteiger partial charge in [-0.1, -0.05) is 0 Å². The van der Waals surface area contributed by atoms with Crippen molar-refractivity contribution >= 4 is 23.3 Å². The first kappa shape index (κ1) is 15.0. The summed E-state index contributed by atoms with van der Waals surface area (Å²) in [5.41, 5.74) is 0.634. The zero-order chi connectivity index (χ0) is 14.5. The van der Waals surface area contributed by atoms with Crippen LogP contribution in [-0.2, 0) is 4.74 Å². The molecule has 0 saturated heterocycles. The minimum absolute atomic E-state index is 0.147. The number of aromatic nitrogens is 2. The number of thioether (sulfide) groups is 1. The molecule has 0 amide bonds. The maximum Gasteiger partial charge on any atom is 0.205 e. The second-order valence-electron chi connectivity index (χ2n) is 4.62. The van der Waals surface area contributed by atoms with Crippen LogP contribution in [0.25, 0.3) is 0 Å². The van der Waals surface area contributed by atoms with Crippen molar-refractivity contribution in [2.24, 2.45) is 0 Å². The highest BCUT2D eigenvalue weighted by molar-refractivity contribution is 8.04. The van der Waals surface area contributed by atoms with Gasteiger partial charge >= 0.3 is 0 Å². The van der Waals surface area contributed by atoms with Gasteiger partial charge in [-0.3, -0.25) is 14.7 Å². The third-order valence-corrected chi connectivity index (χ3v) is 3.77. The first-order chi connectivity index (χ1) is 9.59. The fourth-order valence-corrected chi connectivity index (χ4v) is 2.56. The van der Waals surface area contributed by atoms with Gasteiger partial charge in [-0.2, -0.15) is 5.10 Å². The molecule has 0 unspecified atom stereocenters. The number of allylic oxidation sites excluding steroid dienone is 2. The number of hydrogen-bond acceptors (Lipinski definition) is 6. The van der Waals surface area contributed by atoms with E-state index in [0.717, 1.165) is 6.54 Å². The fraction of sp³-hybridized carbons (Fsp3) is 0.462. The van der Waals surface area contributed by atoms with Gasteiger partial charge in [0.25, 0.3) is 0 Å². The van der Waals surface area contributed by atoms with Crippen LogP contribution in [0.3, 0.4) is 0 Å². The van der Waals surface area contributed by atoms with Gasteiger partial charge in [0.2, 0.25) is 11.6 Å². The lowest BCUT2D eigenvalue weighted by Gasteiger charge is -2.12. The molecule has 0 radical (unpaired) electrons. The summed E-state index contributed by atoms with van der Waals surface area (Å²) in [7, 11) is 3.97. The molecule has 1 aliphatic carbocycles. The number of ether oxygens (including phenoxy) is 1. The molecule has 1 aromatic heterocycles. The van der Waals surface area contributed by atoms with E-state index in [9.17, 15) is 9.59 Å². The van der Waals surface area contributed by atoms with Gasteiger partial charge in [0.1, 0.15) is 5.69 Å². The third kappa shape index (κ3) is 3.56. The lowest BCUT2D eigenvalue weighted by Crippen LogP contribution is -2.19. The van der Waals surface area contributed by atoms with Crippen LogP contribution in [0.15, 0.2) is 17.2 Å². The Bertz CT molecular complexity index is 537. The molecule has 0 fully saturated rings. The Labute approximate surface area is 121 Å². The molecular weight excluding hydrogens is 278 g/mol. The summed E-state index contributed by atoms with van der Waals surface area (Å²) in [5.74, 6) is 0.297. The van der Waals surface area contributed by atoms with Crippen molar-refractivity contribution in [1.29, 1.82) is 0 Å². The van der Waals surface area contributed by atoms with Crippen molar-refractivity contribution in [3.8, 4) is 0 Å². The standard InChI is InChI=1S/C13H17N3O3S/c1-16(2)3-4-19-5-6-20-11-7-10(17)12-9(13(11)18)8-14-15-12/h7-8H,3-6H2,1-2H3,(H,14,15). The smallest absolute Gasteiger partial charge is 0.205 e. The van der Waals surface area contributed by atoms with Crippen molar-refractivity contribution in [2.45, 2.75) is 0 Å². The van der Waals surface area contributed by atoms with Crippen LogP contribution in [0.4, 0.5) is 0 Å². The van der Waals surface area contributed by atoms with Crippen LogP contribution < -0.4 is 0 Å². The van der Waals surface area contributed by atoms with Gasteiger partial charge in [-0.25, -0.2) is 0 Å². The van der Waals surface area contributed by atoms with E-state index in [4.69, 9.17) is 4.74 Å². The van der Waals surface area contributed by atoms with Crippen molar-refractivity contribution in [2.75, 3.05) is 39.6 Å². The molecule has 0 saturated carbocycles. The van der Waals surface area contributed by atoms with Crippen LogP contribution in [0.2, 0.25) is 0 Å². The number of fused-ring (bicyclic) bond motifs is 1. The largest absolute Gasteiger partial charge is 0.379 e. The van der Waals surface area contributed by atoms with Gasteiger partial charge in [-0.05, 0) is 14.1 Å². The Kier molecular flexibility index (Phi) is 5.11. The maximum absolute atomic E-state index is 12.1. The Morgan fingerprint density at radius 1 is 1.35 bits per heavy atom. The van der Waals surface area contributed by atoms with Crippen molar-refractivity contribution in [3.63, 3.8) is 0 Å². The van der Waals surface area contributed by atoms with Crippen molar-refractivity contribution < 1.29 is 14.3 Å². The third-order valence-electron chi connectivity index (χ3n) is 2.78. The number of Topliss-reactive ketones (excluding diaryl/α,β-unsaturated/α-hetero) is 1. The number of likely N-dealkylation sites (N-methyl/N-ethyl adjacent to an activating group) is 1. The number of H-pyrrole nitrogens is 1. The number of aromatic amines is 1.